The molecule has 4 rings (SSSR count). The lowest BCUT2D eigenvalue weighted by atomic mass is 9.86. The van der Waals surface area contributed by atoms with Crippen LogP contribution in [-0.2, 0) is 11.2 Å². The molecule has 2 aliphatic carbocycles. The van der Waals surface area contributed by atoms with Crippen LogP contribution in [0.3, 0.4) is 0 Å². The van der Waals surface area contributed by atoms with Gasteiger partial charge in [0.15, 0.2) is 0 Å². The molecule has 2 bridgehead atoms. The summed E-state index contributed by atoms with van der Waals surface area (Å²) in [5.74, 6) is 2.36. The van der Waals surface area contributed by atoms with Gasteiger partial charge in [0.1, 0.15) is 5.01 Å². The zero-order chi connectivity index (χ0) is 15.6. The van der Waals surface area contributed by atoms with E-state index in [2.05, 4.69) is 27.6 Å². The van der Waals surface area contributed by atoms with Crippen LogP contribution in [0.2, 0.25) is 0 Å². The van der Waals surface area contributed by atoms with Crippen LogP contribution in [0.25, 0.3) is 0 Å². The van der Waals surface area contributed by atoms with Crippen LogP contribution in [0.4, 0.5) is 5.13 Å². The molecule has 0 unspecified atom stereocenters. The minimum absolute atomic E-state index is 0.102. The second-order valence-electron chi connectivity index (χ2n) is 6.85. The number of aromatic nitrogens is 2. The molecule has 2 aromatic rings. The number of hydrogen-bond donors (Lipinski definition) is 1. The van der Waals surface area contributed by atoms with Gasteiger partial charge in [-0.3, -0.25) is 4.79 Å². The minimum Gasteiger partial charge on any atom is -0.301 e. The Hall–Kier alpha value is -1.75. The van der Waals surface area contributed by atoms with Crippen LogP contribution < -0.4 is 5.32 Å². The summed E-state index contributed by atoms with van der Waals surface area (Å²) in [5, 5.41) is 12.8. The molecule has 1 amide bonds. The average Bonchev–Trinajstić information content (AvgIpc) is 3.26. The van der Waals surface area contributed by atoms with Crippen molar-refractivity contribution < 1.29 is 4.79 Å². The molecule has 1 heterocycles. The number of nitrogens with zero attached hydrogens (tertiary/aromatic N) is 2. The molecule has 1 N–H and O–H groups in total. The van der Waals surface area contributed by atoms with Gasteiger partial charge in [0.2, 0.25) is 11.0 Å². The van der Waals surface area contributed by atoms with Crippen molar-refractivity contribution in [2.24, 2.45) is 17.8 Å². The summed E-state index contributed by atoms with van der Waals surface area (Å²) in [4.78, 5) is 12.2. The lowest BCUT2D eigenvalue weighted by Gasteiger charge is -2.20. The Labute approximate surface area is 140 Å². The molecule has 0 saturated heterocycles. The highest BCUT2D eigenvalue weighted by Crippen LogP contribution is 2.49. The van der Waals surface area contributed by atoms with E-state index >= 15 is 0 Å². The molecule has 1 aromatic heterocycles. The molecule has 120 valence electrons. The van der Waals surface area contributed by atoms with Crippen LogP contribution in [0.15, 0.2) is 30.3 Å². The SMILES string of the molecule is O=C(C[C@@H]1C[C@H]2CC[C@H]1C2)Nc1nnc(Cc2ccccc2)s1. The Morgan fingerprint density at radius 2 is 2.04 bits per heavy atom. The lowest BCUT2D eigenvalue weighted by molar-refractivity contribution is -0.117. The van der Waals surface area contributed by atoms with E-state index in [9.17, 15) is 4.79 Å². The number of benzene rings is 1. The average molecular weight is 327 g/mol. The molecule has 2 fully saturated rings. The molecule has 0 aliphatic heterocycles. The van der Waals surface area contributed by atoms with Crippen LogP contribution >= 0.6 is 11.3 Å². The van der Waals surface area contributed by atoms with Gasteiger partial charge in [0.05, 0.1) is 0 Å². The number of amides is 1. The summed E-state index contributed by atoms with van der Waals surface area (Å²) >= 11 is 1.48. The molecule has 2 aliphatic rings. The van der Waals surface area contributed by atoms with Gasteiger partial charge in [-0.15, -0.1) is 10.2 Å². The number of rotatable bonds is 5. The molecular weight excluding hydrogens is 306 g/mol. The highest BCUT2D eigenvalue weighted by atomic mass is 32.1. The van der Waals surface area contributed by atoms with E-state index in [1.54, 1.807) is 0 Å². The zero-order valence-electron chi connectivity index (χ0n) is 13.1. The number of fused-ring (bicyclic) bond motifs is 2. The van der Waals surface area contributed by atoms with Crippen LogP contribution in [0.5, 0.6) is 0 Å². The van der Waals surface area contributed by atoms with E-state index in [1.165, 1.54) is 42.6 Å². The highest BCUT2D eigenvalue weighted by Gasteiger charge is 2.40. The van der Waals surface area contributed by atoms with E-state index in [1.807, 2.05) is 18.2 Å². The van der Waals surface area contributed by atoms with Gasteiger partial charge in [0.25, 0.3) is 0 Å². The highest BCUT2D eigenvalue weighted by molar-refractivity contribution is 7.15. The summed E-state index contributed by atoms with van der Waals surface area (Å²) in [6, 6.07) is 10.2. The van der Waals surface area contributed by atoms with Crippen molar-refractivity contribution in [1.29, 1.82) is 0 Å². The van der Waals surface area contributed by atoms with Gasteiger partial charge in [-0.2, -0.15) is 0 Å². The number of anilines is 1. The first kappa shape index (κ1) is 14.8. The predicted octanol–water partition coefficient (Wildman–Crippen LogP) is 3.89. The van der Waals surface area contributed by atoms with E-state index < -0.39 is 0 Å². The van der Waals surface area contributed by atoms with Crippen LogP contribution in [0.1, 0.15) is 42.7 Å². The summed E-state index contributed by atoms with van der Waals surface area (Å²) in [6.45, 7) is 0. The van der Waals surface area contributed by atoms with Crippen LogP contribution in [0, 0.1) is 17.8 Å². The van der Waals surface area contributed by atoms with E-state index in [-0.39, 0.29) is 5.91 Å². The first-order chi connectivity index (χ1) is 11.3. The van der Waals surface area contributed by atoms with Gasteiger partial charge in [-0.25, -0.2) is 0 Å². The third-order valence-electron chi connectivity index (χ3n) is 5.24. The fourth-order valence-corrected chi connectivity index (χ4v) is 4.97. The first-order valence-corrected chi connectivity index (χ1v) is 9.24. The van der Waals surface area contributed by atoms with Crippen molar-refractivity contribution in [2.45, 2.75) is 38.5 Å². The quantitative estimate of drug-likeness (QED) is 0.906. The molecule has 0 radical (unpaired) electrons. The number of nitrogens with one attached hydrogen (secondary N) is 1. The molecule has 23 heavy (non-hydrogen) atoms. The van der Waals surface area contributed by atoms with E-state index in [4.69, 9.17) is 0 Å². The zero-order valence-corrected chi connectivity index (χ0v) is 13.9. The van der Waals surface area contributed by atoms with E-state index in [0.29, 0.717) is 17.5 Å². The third kappa shape index (κ3) is 3.44. The summed E-state index contributed by atoms with van der Waals surface area (Å²) in [7, 11) is 0. The normalized spacial score (nSPS) is 25.7. The third-order valence-corrected chi connectivity index (χ3v) is 6.08. The van der Waals surface area contributed by atoms with E-state index in [0.717, 1.165) is 23.3 Å². The Kier molecular flexibility index (Phi) is 4.12. The summed E-state index contributed by atoms with van der Waals surface area (Å²) in [5.41, 5.74) is 1.21. The second kappa shape index (κ2) is 6.40. The lowest BCUT2D eigenvalue weighted by Crippen LogP contribution is -2.20. The second-order valence-corrected chi connectivity index (χ2v) is 7.91. The molecular formula is C18H21N3OS. The number of carbonyl (C=O) groups is 1. The van der Waals surface area contributed by atoms with Gasteiger partial charge < -0.3 is 5.32 Å². The molecule has 3 atom stereocenters. The van der Waals surface area contributed by atoms with Crippen molar-refractivity contribution in [3.8, 4) is 0 Å². The monoisotopic (exact) mass is 327 g/mol. The van der Waals surface area contributed by atoms with Gasteiger partial charge in [-0.05, 0) is 42.6 Å². The molecule has 2 saturated carbocycles. The molecule has 0 spiro atoms. The smallest absolute Gasteiger partial charge is 0.226 e. The van der Waals surface area contributed by atoms with Crippen molar-refractivity contribution in [3.05, 3.63) is 40.9 Å². The molecule has 1 aromatic carbocycles. The van der Waals surface area contributed by atoms with Crippen molar-refractivity contribution in [3.63, 3.8) is 0 Å². The Morgan fingerprint density at radius 1 is 1.17 bits per heavy atom. The maximum absolute atomic E-state index is 12.2. The summed E-state index contributed by atoms with van der Waals surface area (Å²) in [6.07, 6.45) is 6.70. The predicted molar refractivity (Wildman–Crippen MR) is 91.3 cm³/mol. The van der Waals surface area contributed by atoms with Gasteiger partial charge in [0, 0.05) is 12.8 Å². The Morgan fingerprint density at radius 3 is 2.78 bits per heavy atom. The fraction of sp³-hybridized carbons (Fsp3) is 0.500. The number of hydrogen-bond acceptors (Lipinski definition) is 4. The van der Waals surface area contributed by atoms with Gasteiger partial charge >= 0.3 is 0 Å². The van der Waals surface area contributed by atoms with Crippen molar-refractivity contribution >= 4 is 22.4 Å². The van der Waals surface area contributed by atoms with Crippen LogP contribution in [-0.4, -0.2) is 16.1 Å². The minimum atomic E-state index is 0.102. The topological polar surface area (TPSA) is 54.9 Å². The summed E-state index contributed by atoms with van der Waals surface area (Å²) < 4.78 is 0. The van der Waals surface area contributed by atoms with Gasteiger partial charge in [-0.1, -0.05) is 48.1 Å². The maximum atomic E-state index is 12.2. The molecule has 5 heteroatoms. The standard InChI is InChI=1S/C18H21N3OS/c22-16(11-15-9-13-6-7-14(15)8-13)19-18-21-20-17(23-18)10-12-4-2-1-3-5-12/h1-5,13-15H,6-11H2,(H,19,21,22)/t13-,14-,15-/m0/s1. The molecule has 4 nitrogen and oxygen atoms in total. The maximum Gasteiger partial charge on any atom is 0.226 e. The fourth-order valence-electron chi connectivity index (χ4n) is 4.18. The Bertz CT molecular complexity index is 685. The number of carbonyl (C=O) groups excluding carboxylic acids is 1. The largest absolute Gasteiger partial charge is 0.301 e. The Balaban J connectivity index is 1.31. The first-order valence-electron chi connectivity index (χ1n) is 8.42. The van der Waals surface area contributed by atoms with Crippen molar-refractivity contribution in [1.82, 2.24) is 10.2 Å². The van der Waals surface area contributed by atoms with Crippen molar-refractivity contribution in [2.75, 3.05) is 5.32 Å².